The Morgan fingerprint density at radius 2 is 1.40 bits per heavy atom. The molecule has 0 saturated carbocycles. The van der Waals surface area contributed by atoms with Crippen molar-refractivity contribution in [3.05, 3.63) is 0 Å². The Balaban J connectivity index is 4.09. The van der Waals surface area contributed by atoms with Gasteiger partial charge in [0.15, 0.2) is 0 Å². The van der Waals surface area contributed by atoms with Crippen LogP contribution < -0.4 is 0 Å². The van der Waals surface area contributed by atoms with Crippen LogP contribution in [0.15, 0.2) is 0 Å². The van der Waals surface area contributed by atoms with Crippen molar-refractivity contribution in [2.24, 2.45) is 0 Å². The first kappa shape index (κ1) is 9.01. The summed E-state index contributed by atoms with van der Waals surface area (Å²) in [7, 11) is -2.83. The Kier molecular flexibility index (Phi) is 3.54. The van der Waals surface area contributed by atoms with Crippen molar-refractivity contribution < 1.29 is 34.1 Å². The van der Waals surface area contributed by atoms with Gasteiger partial charge in [-0.1, -0.05) is 0 Å². The van der Waals surface area contributed by atoms with Crippen LogP contribution in [0.2, 0.25) is 0 Å². The van der Waals surface area contributed by atoms with Gasteiger partial charge in [-0.2, -0.15) is 10.5 Å². The Labute approximate surface area is 56.5 Å². The Morgan fingerprint density at radius 1 is 1.10 bits per heavy atom. The number of hydrogen-bond donors (Lipinski definition) is 2. The molecule has 0 atom stereocenters. The fourth-order valence-corrected chi connectivity index (χ4v) is 0.407. The predicted molar refractivity (Wildman–Crippen MR) is 26.4 cm³/mol. The van der Waals surface area contributed by atoms with E-state index in [1.807, 2.05) is 0 Å². The quantitative estimate of drug-likeness (QED) is 0.387. The third-order valence-corrected chi connectivity index (χ3v) is 1.21. The monoisotopic (exact) mass is 170 g/mol. The highest BCUT2D eigenvalue weighted by Gasteiger charge is 2.24. The molecule has 0 bridgehead atoms. The molecule has 7 nitrogen and oxygen atoms in total. The highest BCUT2D eigenvalue weighted by molar-refractivity contribution is 8.12. The summed E-state index contributed by atoms with van der Waals surface area (Å²) in [6, 6.07) is 0. The van der Waals surface area contributed by atoms with Gasteiger partial charge in [-0.25, -0.2) is 13.8 Å². The molecule has 0 fully saturated rings. The average Bonchev–Trinajstić information content (AvgIpc) is 2.00. The standard InChI is InChI=1S/C2H2O7S/c3-1(8-5)10(7)2(4)9-6/h5-6H. The lowest BCUT2D eigenvalue weighted by Gasteiger charge is -1.90. The van der Waals surface area contributed by atoms with Gasteiger partial charge in [0, 0.05) is 0 Å². The summed E-state index contributed by atoms with van der Waals surface area (Å²) in [4.78, 5) is 25.6. The summed E-state index contributed by atoms with van der Waals surface area (Å²) in [5.74, 6) is 0. The molecule has 0 aliphatic carbocycles. The Hall–Kier alpha value is -0.990. The van der Waals surface area contributed by atoms with Crippen LogP contribution in [0.5, 0.6) is 0 Å². The average molecular weight is 170 g/mol. The lowest BCUT2D eigenvalue weighted by atomic mass is 11.6. The fourth-order valence-electron chi connectivity index (χ4n) is 0.136. The maximum Gasteiger partial charge on any atom is 0.440 e. The molecule has 0 rings (SSSR count). The fraction of sp³-hybridized carbons (Fsp3) is 0. The number of carbonyl (C=O) groups excluding carboxylic acids is 2. The van der Waals surface area contributed by atoms with Gasteiger partial charge in [0.2, 0.25) is 10.8 Å². The number of carbonyl (C=O) groups is 2. The lowest BCUT2D eigenvalue weighted by Crippen LogP contribution is -2.16. The van der Waals surface area contributed by atoms with Crippen LogP contribution in [0.1, 0.15) is 0 Å². The minimum Gasteiger partial charge on any atom is -0.285 e. The van der Waals surface area contributed by atoms with Gasteiger partial charge in [-0.05, 0) is 0 Å². The summed E-state index contributed by atoms with van der Waals surface area (Å²) < 4.78 is 10.1. The zero-order chi connectivity index (χ0) is 8.15. The number of rotatable bonds is 0. The molecule has 58 valence electrons. The molecule has 0 aromatic heterocycles. The van der Waals surface area contributed by atoms with Crippen molar-refractivity contribution >= 4 is 21.4 Å². The topological polar surface area (TPSA) is 110 Å². The van der Waals surface area contributed by atoms with E-state index in [0.717, 1.165) is 0 Å². The maximum absolute atomic E-state index is 10.1. The molecule has 0 aliphatic heterocycles. The molecular formula is C2H2O7S. The van der Waals surface area contributed by atoms with Gasteiger partial charge in [0.25, 0.3) is 0 Å². The summed E-state index contributed by atoms with van der Waals surface area (Å²) in [6.45, 7) is 0. The van der Waals surface area contributed by atoms with Crippen molar-refractivity contribution in [2.45, 2.75) is 0 Å². The van der Waals surface area contributed by atoms with Crippen LogP contribution in [-0.2, 0) is 20.6 Å². The zero-order valence-corrected chi connectivity index (χ0v) is 5.16. The molecule has 0 saturated heterocycles. The van der Waals surface area contributed by atoms with E-state index >= 15 is 0 Å². The predicted octanol–water partition coefficient (Wildman–Crippen LogP) is -0.0457. The lowest BCUT2D eigenvalue weighted by molar-refractivity contribution is -0.170. The van der Waals surface area contributed by atoms with E-state index in [-0.39, 0.29) is 0 Å². The van der Waals surface area contributed by atoms with E-state index < -0.39 is 21.4 Å². The van der Waals surface area contributed by atoms with Crippen molar-refractivity contribution in [2.75, 3.05) is 0 Å². The molecule has 0 unspecified atom stereocenters. The minimum atomic E-state index is -2.83. The van der Waals surface area contributed by atoms with Crippen LogP contribution in [0.4, 0.5) is 9.59 Å². The first-order chi connectivity index (χ1) is 4.63. The van der Waals surface area contributed by atoms with Gasteiger partial charge < -0.3 is 0 Å². The SMILES string of the molecule is O=C(OO)S(=O)C(=O)OO. The maximum atomic E-state index is 10.1. The summed E-state index contributed by atoms with van der Waals surface area (Å²) in [6.07, 6.45) is 0. The molecule has 0 aliphatic rings. The van der Waals surface area contributed by atoms with Crippen LogP contribution >= 0.6 is 0 Å². The Bertz CT molecular complexity index is 154. The van der Waals surface area contributed by atoms with E-state index in [0.29, 0.717) is 0 Å². The van der Waals surface area contributed by atoms with E-state index in [1.165, 1.54) is 0 Å². The van der Waals surface area contributed by atoms with Gasteiger partial charge in [0.1, 0.15) is 0 Å². The normalized spacial score (nSPS) is 9.10. The first-order valence-corrected chi connectivity index (χ1v) is 2.91. The Morgan fingerprint density at radius 3 is 1.60 bits per heavy atom. The largest absolute Gasteiger partial charge is 0.440 e. The first-order valence-electron chi connectivity index (χ1n) is 1.76. The van der Waals surface area contributed by atoms with Gasteiger partial charge in [0.05, 0.1) is 0 Å². The van der Waals surface area contributed by atoms with Crippen molar-refractivity contribution in [1.82, 2.24) is 0 Å². The highest BCUT2D eigenvalue weighted by Crippen LogP contribution is 1.92. The smallest absolute Gasteiger partial charge is 0.285 e. The van der Waals surface area contributed by atoms with Crippen LogP contribution in [0.25, 0.3) is 0 Å². The van der Waals surface area contributed by atoms with Crippen molar-refractivity contribution in [1.29, 1.82) is 0 Å². The summed E-state index contributed by atoms with van der Waals surface area (Å²) in [5, 5.41) is 11.6. The van der Waals surface area contributed by atoms with Crippen LogP contribution in [0.3, 0.4) is 0 Å². The second kappa shape index (κ2) is 3.93. The molecule has 8 heteroatoms. The molecule has 0 spiro atoms. The van der Waals surface area contributed by atoms with E-state index in [4.69, 9.17) is 10.5 Å². The van der Waals surface area contributed by atoms with E-state index in [1.54, 1.807) is 0 Å². The number of hydrogen-bond acceptors (Lipinski definition) is 7. The van der Waals surface area contributed by atoms with Gasteiger partial charge >= 0.3 is 10.6 Å². The molecule has 0 heterocycles. The zero-order valence-electron chi connectivity index (χ0n) is 4.34. The highest BCUT2D eigenvalue weighted by atomic mass is 32.2. The van der Waals surface area contributed by atoms with Crippen molar-refractivity contribution in [3.8, 4) is 0 Å². The van der Waals surface area contributed by atoms with Gasteiger partial charge in [-0.3, -0.25) is 9.78 Å². The van der Waals surface area contributed by atoms with E-state index in [2.05, 4.69) is 9.78 Å². The summed E-state index contributed by atoms with van der Waals surface area (Å²) in [5.41, 5.74) is 0. The molecular weight excluding hydrogens is 168 g/mol. The molecule has 0 aromatic rings. The van der Waals surface area contributed by atoms with E-state index in [9.17, 15) is 13.8 Å². The second-order valence-corrected chi connectivity index (χ2v) is 2.16. The molecule has 0 amide bonds. The van der Waals surface area contributed by atoms with Crippen molar-refractivity contribution in [3.63, 3.8) is 0 Å². The molecule has 0 aromatic carbocycles. The molecule has 10 heavy (non-hydrogen) atoms. The van der Waals surface area contributed by atoms with Crippen LogP contribution in [0, 0.1) is 0 Å². The second-order valence-electron chi connectivity index (χ2n) is 0.951. The van der Waals surface area contributed by atoms with Crippen LogP contribution in [-0.4, -0.2) is 25.3 Å². The third kappa shape index (κ3) is 2.09. The molecule has 2 N–H and O–H groups in total. The summed E-state index contributed by atoms with van der Waals surface area (Å²) >= 11 is 0. The van der Waals surface area contributed by atoms with Gasteiger partial charge in [-0.15, -0.1) is 0 Å². The minimum absolute atomic E-state index is 1.71. The molecule has 0 radical (unpaired) electrons. The third-order valence-electron chi connectivity index (χ3n) is 0.452.